The number of anilines is 1. The lowest BCUT2D eigenvalue weighted by molar-refractivity contribution is 0.555. The Kier molecular flexibility index (Phi) is 4.02. The third-order valence-corrected chi connectivity index (χ3v) is 4.46. The van der Waals surface area contributed by atoms with E-state index in [4.69, 9.17) is 0 Å². The zero-order valence-electron chi connectivity index (χ0n) is 11.2. The third kappa shape index (κ3) is 3.29. The van der Waals surface area contributed by atoms with Gasteiger partial charge in [-0.15, -0.1) is 11.3 Å². The van der Waals surface area contributed by atoms with Crippen molar-refractivity contribution in [2.24, 2.45) is 0 Å². The Balaban J connectivity index is 1.93. The summed E-state index contributed by atoms with van der Waals surface area (Å²) in [5.41, 5.74) is 0.0236. The van der Waals surface area contributed by atoms with Crippen molar-refractivity contribution >= 4 is 28.0 Å². The summed E-state index contributed by atoms with van der Waals surface area (Å²) in [6.45, 7) is 9.52. The van der Waals surface area contributed by atoms with Gasteiger partial charge in [0, 0.05) is 34.3 Å². The van der Waals surface area contributed by atoms with Crippen LogP contribution < -0.4 is 5.32 Å². The van der Waals surface area contributed by atoms with Crippen molar-refractivity contribution in [1.29, 1.82) is 0 Å². The summed E-state index contributed by atoms with van der Waals surface area (Å²) in [6.07, 6.45) is 0. The molecule has 0 aromatic carbocycles. The SMILES string of the molecule is CC(CNc1nc(C(C)(C)C)ns1)c1cccs1. The van der Waals surface area contributed by atoms with Crippen LogP contribution in [0.3, 0.4) is 0 Å². The Morgan fingerprint density at radius 2 is 2.17 bits per heavy atom. The van der Waals surface area contributed by atoms with E-state index >= 15 is 0 Å². The minimum Gasteiger partial charge on any atom is -0.360 e. The van der Waals surface area contributed by atoms with Crippen molar-refractivity contribution in [3.63, 3.8) is 0 Å². The molecule has 0 radical (unpaired) electrons. The molecule has 0 fully saturated rings. The molecule has 0 saturated heterocycles. The van der Waals surface area contributed by atoms with Crippen molar-refractivity contribution in [3.05, 3.63) is 28.2 Å². The van der Waals surface area contributed by atoms with Gasteiger partial charge < -0.3 is 5.32 Å². The van der Waals surface area contributed by atoms with Gasteiger partial charge in [0.2, 0.25) is 5.13 Å². The molecule has 2 heterocycles. The first-order valence-corrected chi connectivity index (χ1v) is 7.73. The fourth-order valence-electron chi connectivity index (χ4n) is 1.51. The predicted molar refractivity (Wildman–Crippen MR) is 79.8 cm³/mol. The number of rotatable bonds is 4. The number of aromatic nitrogens is 2. The normalized spacial score (nSPS) is 13.6. The largest absolute Gasteiger partial charge is 0.360 e. The van der Waals surface area contributed by atoms with Crippen LogP contribution in [0.4, 0.5) is 5.13 Å². The first-order valence-electron chi connectivity index (χ1n) is 6.08. The summed E-state index contributed by atoms with van der Waals surface area (Å²) in [7, 11) is 0. The molecule has 2 rings (SSSR count). The van der Waals surface area contributed by atoms with Crippen LogP contribution in [0, 0.1) is 0 Å². The Morgan fingerprint density at radius 3 is 2.72 bits per heavy atom. The topological polar surface area (TPSA) is 37.8 Å². The molecule has 1 unspecified atom stereocenters. The van der Waals surface area contributed by atoms with Gasteiger partial charge >= 0.3 is 0 Å². The lowest BCUT2D eigenvalue weighted by Crippen LogP contribution is -2.14. The summed E-state index contributed by atoms with van der Waals surface area (Å²) >= 11 is 3.25. The van der Waals surface area contributed by atoms with Crippen LogP contribution in [0.2, 0.25) is 0 Å². The van der Waals surface area contributed by atoms with Crippen LogP contribution in [0.1, 0.15) is 44.3 Å². The number of nitrogens with one attached hydrogen (secondary N) is 1. The average Bonchev–Trinajstić information content (AvgIpc) is 2.96. The van der Waals surface area contributed by atoms with Crippen LogP contribution in [0.15, 0.2) is 17.5 Å². The zero-order chi connectivity index (χ0) is 13.2. The van der Waals surface area contributed by atoms with E-state index in [2.05, 4.69) is 59.9 Å². The van der Waals surface area contributed by atoms with E-state index in [1.54, 1.807) is 11.3 Å². The summed E-state index contributed by atoms with van der Waals surface area (Å²) in [5.74, 6) is 1.42. The van der Waals surface area contributed by atoms with Gasteiger partial charge in [-0.25, -0.2) is 4.98 Å². The minimum atomic E-state index is 0.0236. The molecular weight excluding hydrogens is 262 g/mol. The number of hydrogen-bond acceptors (Lipinski definition) is 5. The van der Waals surface area contributed by atoms with Gasteiger partial charge in [-0.1, -0.05) is 33.8 Å². The second-order valence-electron chi connectivity index (χ2n) is 5.47. The molecule has 0 aliphatic carbocycles. The maximum atomic E-state index is 4.53. The van der Waals surface area contributed by atoms with Crippen molar-refractivity contribution < 1.29 is 0 Å². The Hall–Kier alpha value is -0.940. The summed E-state index contributed by atoms with van der Waals surface area (Å²) < 4.78 is 4.40. The molecule has 0 aliphatic heterocycles. The highest BCUT2D eigenvalue weighted by molar-refractivity contribution is 7.10. The fraction of sp³-hybridized carbons (Fsp3) is 0.538. The monoisotopic (exact) mass is 281 g/mol. The van der Waals surface area contributed by atoms with Crippen LogP contribution in [-0.4, -0.2) is 15.9 Å². The Morgan fingerprint density at radius 1 is 1.39 bits per heavy atom. The van der Waals surface area contributed by atoms with Crippen molar-refractivity contribution in [2.75, 3.05) is 11.9 Å². The number of nitrogens with zero attached hydrogens (tertiary/aromatic N) is 2. The van der Waals surface area contributed by atoms with Crippen LogP contribution >= 0.6 is 22.9 Å². The van der Waals surface area contributed by atoms with Gasteiger partial charge in [-0.3, -0.25) is 0 Å². The molecular formula is C13H19N3S2. The Labute approximate surface area is 116 Å². The molecule has 2 aromatic rings. The molecule has 1 N–H and O–H groups in total. The van der Waals surface area contributed by atoms with E-state index < -0.39 is 0 Å². The Bertz CT molecular complexity index is 483. The predicted octanol–water partition coefficient (Wildman–Crippen LogP) is 4.11. The molecule has 0 bridgehead atoms. The smallest absolute Gasteiger partial charge is 0.202 e. The van der Waals surface area contributed by atoms with Crippen LogP contribution in [0.25, 0.3) is 0 Å². The van der Waals surface area contributed by atoms with E-state index in [-0.39, 0.29) is 5.41 Å². The molecule has 0 saturated carbocycles. The summed E-state index contributed by atoms with van der Waals surface area (Å²) in [4.78, 5) is 5.94. The van der Waals surface area contributed by atoms with Gasteiger partial charge in [0.25, 0.3) is 0 Å². The fourth-order valence-corrected chi connectivity index (χ4v) is 3.06. The van der Waals surface area contributed by atoms with Gasteiger partial charge in [0.15, 0.2) is 0 Å². The van der Waals surface area contributed by atoms with E-state index in [1.807, 2.05) is 0 Å². The standard InChI is InChI=1S/C13H19N3S2/c1-9(10-6-5-7-17-10)8-14-12-15-11(16-18-12)13(2,3)4/h5-7,9H,8H2,1-4H3,(H,14,15,16). The quantitative estimate of drug-likeness (QED) is 0.916. The van der Waals surface area contributed by atoms with Crippen LogP contribution in [0.5, 0.6) is 0 Å². The van der Waals surface area contributed by atoms with E-state index in [9.17, 15) is 0 Å². The van der Waals surface area contributed by atoms with E-state index in [0.717, 1.165) is 17.5 Å². The minimum absolute atomic E-state index is 0.0236. The lowest BCUT2D eigenvalue weighted by atomic mass is 9.96. The van der Waals surface area contributed by atoms with E-state index in [1.165, 1.54) is 16.4 Å². The highest BCUT2D eigenvalue weighted by Gasteiger charge is 2.19. The number of thiophene rings is 1. The van der Waals surface area contributed by atoms with Crippen molar-refractivity contribution in [2.45, 2.75) is 39.0 Å². The van der Waals surface area contributed by atoms with Gasteiger partial charge in [-0.2, -0.15) is 4.37 Å². The van der Waals surface area contributed by atoms with E-state index in [0.29, 0.717) is 5.92 Å². The average molecular weight is 281 g/mol. The van der Waals surface area contributed by atoms with Gasteiger partial charge in [-0.05, 0) is 11.4 Å². The summed E-state index contributed by atoms with van der Waals surface area (Å²) in [5, 5.41) is 6.42. The molecule has 0 spiro atoms. The summed E-state index contributed by atoms with van der Waals surface area (Å²) in [6, 6.07) is 4.27. The first kappa shape index (κ1) is 13.5. The first-order chi connectivity index (χ1) is 8.47. The highest BCUT2D eigenvalue weighted by atomic mass is 32.1. The molecule has 0 aliphatic rings. The van der Waals surface area contributed by atoms with Crippen LogP contribution in [-0.2, 0) is 5.41 Å². The maximum absolute atomic E-state index is 4.53. The molecule has 3 nitrogen and oxygen atoms in total. The van der Waals surface area contributed by atoms with Crippen molar-refractivity contribution in [3.8, 4) is 0 Å². The molecule has 18 heavy (non-hydrogen) atoms. The van der Waals surface area contributed by atoms with Gasteiger partial charge in [0.1, 0.15) is 5.82 Å². The molecule has 0 amide bonds. The maximum Gasteiger partial charge on any atom is 0.202 e. The molecule has 98 valence electrons. The van der Waals surface area contributed by atoms with Gasteiger partial charge in [0.05, 0.1) is 0 Å². The number of hydrogen-bond donors (Lipinski definition) is 1. The zero-order valence-corrected chi connectivity index (χ0v) is 12.9. The lowest BCUT2D eigenvalue weighted by Gasteiger charge is -2.12. The second kappa shape index (κ2) is 5.36. The third-order valence-electron chi connectivity index (χ3n) is 2.69. The molecule has 2 aromatic heterocycles. The second-order valence-corrected chi connectivity index (χ2v) is 7.20. The highest BCUT2D eigenvalue weighted by Crippen LogP contribution is 2.25. The molecule has 1 atom stereocenters. The molecule has 5 heteroatoms. The van der Waals surface area contributed by atoms with Crippen molar-refractivity contribution in [1.82, 2.24) is 9.36 Å².